The third kappa shape index (κ3) is 46.4. The molecular weight excluding hydrogens is 436 g/mol. The van der Waals surface area contributed by atoms with E-state index in [1.165, 1.54) is 0 Å². The maximum absolute atomic E-state index is 3.25. The molecule has 0 aliphatic carbocycles. The molecule has 4 aromatic rings. The summed E-state index contributed by atoms with van der Waals surface area (Å²) in [5.74, 6) is 0. The molecule has 29 heavy (non-hydrogen) atoms. The first kappa shape index (κ1) is 38.1. The predicted molar refractivity (Wildman–Crippen MR) is 126 cm³/mol. The van der Waals surface area contributed by atoms with Crippen LogP contribution in [0.5, 0.6) is 0 Å². The van der Waals surface area contributed by atoms with Gasteiger partial charge >= 0.3 is 34.1 Å². The first-order valence-electron chi connectivity index (χ1n) is 9.24. The molecule has 0 amide bonds. The van der Waals surface area contributed by atoms with Crippen molar-refractivity contribution in [1.82, 2.24) is 0 Å². The Kier molecular flexibility index (Phi) is 59.5. The minimum absolute atomic E-state index is 0. The maximum atomic E-state index is 3.25. The molecule has 4 aromatic carbocycles. The van der Waals surface area contributed by atoms with Gasteiger partial charge in [-0.25, -0.2) is 48.5 Å². The van der Waals surface area contributed by atoms with Gasteiger partial charge in [0.2, 0.25) is 0 Å². The molecule has 0 unspecified atom stereocenters. The Balaban J connectivity index is -0.0000000787. The quantitative estimate of drug-likeness (QED) is 0.177. The van der Waals surface area contributed by atoms with Gasteiger partial charge in [0.25, 0.3) is 0 Å². The summed E-state index contributed by atoms with van der Waals surface area (Å²) in [6, 6.07) is 40.0. The Morgan fingerprint density at radius 2 is 0.552 bits per heavy atom. The summed E-state index contributed by atoms with van der Waals surface area (Å²) in [6.07, 6.45) is 2.00. The van der Waals surface area contributed by atoms with Crippen molar-refractivity contribution in [2.45, 2.75) is 27.7 Å². The van der Waals surface area contributed by atoms with E-state index in [0.29, 0.717) is 0 Å². The number of hydrogen-bond acceptors (Lipinski definition) is 0. The van der Waals surface area contributed by atoms with Crippen molar-refractivity contribution < 1.29 is 34.1 Å². The summed E-state index contributed by atoms with van der Waals surface area (Å²) < 4.78 is 0. The molecule has 0 aliphatic rings. The van der Waals surface area contributed by atoms with Crippen molar-refractivity contribution in [3.63, 3.8) is 0 Å². The fraction of sp³-hybridized carbons (Fsp3) is 0.148. The average Bonchev–Trinajstić information content (AvgIpc) is 3.58. The molecule has 0 spiro atoms. The molecule has 2 heteroatoms. The Morgan fingerprint density at radius 1 is 0.448 bits per heavy atom. The van der Waals surface area contributed by atoms with Crippen molar-refractivity contribution in [2.75, 3.05) is 0 Å². The number of rotatable bonds is 0. The maximum Gasteiger partial charge on any atom is 4.00 e. The molecule has 1 radical (unpaired) electrons. The second kappa shape index (κ2) is 45.3. The summed E-state index contributed by atoms with van der Waals surface area (Å²) in [5.41, 5.74) is 0. The van der Waals surface area contributed by atoms with Crippen LogP contribution in [-0.4, -0.2) is 0 Å². The fourth-order valence-corrected chi connectivity index (χ4v) is 1.28. The molecule has 0 atom stereocenters. The molecule has 0 saturated carbocycles. The molecule has 0 fully saturated rings. The van der Waals surface area contributed by atoms with E-state index in [1.54, 1.807) is 13.8 Å². The monoisotopic (exact) mass is 473 g/mol. The van der Waals surface area contributed by atoms with Gasteiger partial charge in [-0.1, -0.05) is 0 Å². The van der Waals surface area contributed by atoms with Crippen molar-refractivity contribution in [3.8, 4) is 0 Å². The molecule has 0 heterocycles. The molecule has 0 bridgehead atoms. The van der Waals surface area contributed by atoms with Crippen molar-refractivity contribution >= 4 is 0 Å². The van der Waals surface area contributed by atoms with Crippen LogP contribution in [0.3, 0.4) is 0 Å². The Hall–Kier alpha value is -1.56. The van der Waals surface area contributed by atoms with E-state index >= 15 is 0 Å². The van der Waals surface area contributed by atoms with Crippen molar-refractivity contribution in [1.29, 1.82) is 0 Å². The standard InChI is InChI=1S/4C5H5.C3H7.2C2H5.2Fe/c4*1-2-4-5-3-1;1-3-2;2*1-2;;/h4*1-5H;3H,1-2H3;2*1H2,2H3;;/q7*-1;+3;+4. The number of hydrogen-bond donors (Lipinski definition) is 0. The van der Waals surface area contributed by atoms with E-state index in [4.69, 9.17) is 0 Å². The summed E-state index contributed by atoms with van der Waals surface area (Å²) >= 11 is 0. The zero-order valence-corrected chi connectivity index (χ0v) is 20.5. The van der Waals surface area contributed by atoms with Gasteiger partial charge in [-0.3, -0.25) is 0 Å². The largest absolute Gasteiger partial charge is 4.00 e. The van der Waals surface area contributed by atoms with Gasteiger partial charge < -0.3 is 20.3 Å². The SMILES string of the molecule is C[CH-]C.[CH2-]C.[CH2-]C.[Fe+3].[Fe+4].c1cc[cH-]c1.c1cc[cH-]c1.c1cc[cH-]c1.c1cc[cH-]c1. The summed E-state index contributed by atoms with van der Waals surface area (Å²) in [6.45, 7) is 14.0. The van der Waals surface area contributed by atoms with Gasteiger partial charge in [0.1, 0.15) is 0 Å². The van der Waals surface area contributed by atoms with Crippen LogP contribution in [0, 0.1) is 20.3 Å². The minimum Gasteiger partial charge on any atom is -0.346 e. The minimum atomic E-state index is 0. The van der Waals surface area contributed by atoms with E-state index in [1.807, 2.05) is 142 Å². The van der Waals surface area contributed by atoms with Gasteiger partial charge in [0.15, 0.2) is 0 Å². The van der Waals surface area contributed by atoms with Crippen LogP contribution in [0.2, 0.25) is 0 Å². The van der Waals surface area contributed by atoms with Crippen molar-refractivity contribution in [3.05, 3.63) is 142 Å². The summed E-state index contributed by atoms with van der Waals surface area (Å²) in [4.78, 5) is 0. The zero-order valence-electron chi connectivity index (χ0n) is 18.2. The molecule has 4 rings (SSSR count). The second-order valence-electron chi connectivity index (χ2n) is 4.43. The second-order valence-corrected chi connectivity index (χ2v) is 4.43. The predicted octanol–water partition coefficient (Wildman–Crippen LogP) is 8.53. The molecular formula is C27H37Fe2. The zero-order chi connectivity index (χ0) is 20.8. The van der Waals surface area contributed by atoms with Crippen LogP contribution < -0.4 is 0 Å². The van der Waals surface area contributed by atoms with Crippen LogP contribution in [0.4, 0.5) is 0 Å². The molecule has 0 saturated heterocycles. The van der Waals surface area contributed by atoms with E-state index in [0.717, 1.165) is 0 Å². The van der Waals surface area contributed by atoms with Crippen LogP contribution in [0.25, 0.3) is 0 Å². The molecule has 161 valence electrons. The molecule has 0 N–H and O–H groups in total. The van der Waals surface area contributed by atoms with Crippen LogP contribution >= 0.6 is 0 Å². The fourth-order valence-electron chi connectivity index (χ4n) is 1.28. The first-order valence-corrected chi connectivity index (χ1v) is 9.24. The molecule has 0 aromatic heterocycles. The molecule has 0 nitrogen and oxygen atoms in total. The third-order valence-electron chi connectivity index (χ3n) is 2.22. The van der Waals surface area contributed by atoms with Gasteiger partial charge in [0.05, 0.1) is 0 Å². The van der Waals surface area contributed by atoms with Gasteiger partial charge in [-0.2, -0.15) is 100 Å². The Bertz CT molecular complexity index is 356. The van der Waals surface area contributed by atoms with E-state index < -0.39 is 0 Å². The smallest absolute Gasteiger partial charge is 0.346 e. The van der Waals surface area contributed by atoms with E-state index in [-0.39, 0.29) is 34.1 Å². The first-order chi connectivity index (χ1) is 13.4. The van der Waals surface area contributed by atoms with E-state index in [9.17, 15) is 0 Å². The third-order valence-corrected chi connectivity index (χ3v) is 2.22. The Labute approximate surface area is 202 Å². The Morgan fingerprint density at radius 3 is 0.586 bits per heavy atom. The molecule has 0 aliphatic heterocycles. The summed E-state index contributed by atoms with van der Waals surface area (Å²) in [7, 11) is 0. The van der Waals surface area contributed by atoms with E-state index in [2.05, 4.69) is 13.8 Å². The van der Waals surface area contributed by atoms with Gasteiger partial charge in [0, 0.05) is 0 Å². The van der Waals surface area contributed by atoms with Crippen LogP contribution in [0.1, 0.15) is 27.7 Å². The summed E-state index contributed by atoms with van der Waals surface area (Å²) in [5, 5.41) is 0. The normalized spacial score (nSPS) is 6.55. The topological polar surface area (TPSA) is 0 Å². The van der Waals surface area contributed by atoms with Gasteiger partial charge in [-0.05, 0) is 0 Å². The average molecular weight is 473 g/mol. The van der Waals surface area contributed by atoms with Crippen molar-refractivity contribution in [2.24, 2.45) is 0 Å². The van der Waals surface area contributed by atoms with Crippen LogP contribution in [0.15, 0.2) is 121 Å². The van der Waals surface area contributed by atoms with Crippen LogP contribution in [-0.2, 0) is 34.1 Å². The van der Waals surface area contributed by atoms with Gasteiger partial charge in [-0.15, -0.1) is 0 Å².